The molecular formula is C21H44ClN. The highest BCUT2D eigenvalue weighted by atomic mass is 35.5. The van der Waals surface area contributed by atoms with Crippen LogP contribution in [0.4, 0.5) is 0 Å². The molecule has 2 heteroatoms. The number of hydrogen-bond acceptors (Lipinski definition) is 0. The van der Waals surface area contributed by atoms with E-state index < -0.39 is 0 Å². The van der Waals surface area contributed by atoms with Crippen molar-refractivity contribution in [3.8, 4) is 0 Å². The van der Waals surface area contributed by atoms with Crippen LogP contribution in [0.5, 0.6) is 0 Å². The number of nitrogens with zero attached hydrogens (tertiary/aromatic N) is 1. The molecule has 1 heterocycles. The van der Waals surface area contributed by atoms with E-state index in [1.165, 1.54) is 127 Å². The van der Waals surface area contributed by atoms with Crippen molar-refractivity contribution in [2.24, 2.45) is 0 Å². The molecule has 140 valence electrons. The maximum atomic E-state index is 2.47. The maximum Gasteiger partial charge on any atom is 0.0786 e. The minimum Gasteiger partial charge on any atom is -1.00 e. The van der Waals surface area contributed by atoms with Gasteiger partial charge in [0.05, 0.1) is 26.7 Å². The molecule has 0 radical (unpaired) electrons. The second kappa shape index (κ2) is 15.8. The summed E-state index contributed by atoms with van der Waals surface area (Å²) in [6.45, 7) is 6.63. The van der Waals surface area contributed by atoms with Gasteiger partial charge in [-0.3, -0.25) is 0 Å². The molecule has 1 nitrogen and oxygen atoms in total. The number of rotatable bonds is 15. The Kier molecular flexibility index (Phi) is 15.9. The van der Waals surface area contributed by atoms with Crippen molar-refractivity contribution >= 4 is 0 Å². The van der Waals surface area contributed by atoms with E-state index in [2.05, 4.69) is 14.0 Å². The van der Waals surface area contributed by atoms with E-state index in [1.807, 2.05) is 0 Å². The Morgan fingerprint density at radius 3 is 1.30 bits per heavy atom. The third-order valence-electron chi connectivity index (χ3n) is 5.70. The fourth-order valence-corrected chi connectivity index (χ4v) is 4.01. The van der Waals surface area contributed by atoms with Crippen molar-refractivity contribution in [2.45, 2.75) is 110 Å². The van der Waals surface area contributed by atoms with E-state index in [-0.39, 0.29) is 12.4 Å². The average molecular weight is 346 g/mol. The third-order valence-corrected chi connectivity index (χ3v) is 5.70. The fraction of sp³-hybridized carbons (Fsp3) is 1.00. The molecule has 0 amide bonds. The number of hydrogen-bond donors (Lipinski definition) is 0. The van der Waals surface area contributed by atoms with Gasteiger partial charge in [0, 0.05) is 12.8 Å². The molecule has 0 N–H and O–H groups in total. The first-order valence-corrected chi connectivity index (χ1v) is 10.6. The summed E-state index contributed by atoms with van der Waals surface area (Å²) in [4.78, 5) is 0. The summed E-state index contributed by atoms with van der Waals surface area (Å²) in [5.41, 5.74) is 0. The molecule has 0 saturated carbocycles. The predicted molar refractivity (Wildman–Crippen MR) is 100 cm³/mol. The summed E-state index contributed by atoms with van der Waals surface area (Å²) in [7, 11) is 2.47. The van der Waals surface area contributed by atoms with Crippen LogP contribution in [-0.2, 0) is 0 Å². The van der Waals surface area contributed by atoms with Crippen molar-refractivity contribution < 1.29 is 16.9 Å². The van der Waals surface area contributed by atoms with Crippen LogP contribution in [0.3, 0.4) is 0 Å². The molecule has 0 atom stereocenters. The summed E-state index contributed by atoms with van der Waals surface area (Å²) in [6, 6.07) is 0. The Bertz CT molecular complexity index is 236. The minimum absolute atomic E-state index is 0. The average Bonchev–Trinajstić information content (AvgIpc) is 2.94. The van der Waals surface area contributed by atoms with Crippen molar-refractivity contribution in [1.29, 1.82) is 0 Å². The van der Waals surface area contributed by atoms with Crippen LogP contribution in [0.1, 0.15) is 110 Å². The van der Waals surface area contributed by atoms with Crippen LogP contribution in [0.25, 0.3) is 0 Å². The van der Waals surface area contributed by atoms with Gasteiger partial charge >= 0.3 is 0 Å². The molecular weight excluding hydrogens is 302 g/mol. The number of likely N-dealkylation sites (tertiary alicyclic amines) is 1. The smallest absolute Gasteiger partial charge is 0.0786 e. The van der Waals surface area contributed by atoms with Crippen molar-refractivity contribution in [2.75, 3.05) is 26.7 Å². The highest BCUT2D eigenvalue weighted by Gasteiger charge is 2.25. The SMILES string of the molecule is CCCCCCCCCCCCCCCC[N+]1(C)CCCC1.[Cl-]. The van der Waals surface area contributed by atoms with Crippen LogP contribution in [0.2, 0.25) is 0 Å². The van der Waals surface area contributed by atoms with Crippen molar-refractivity contribution in [1.82, 2.24) is 0 Å². The van der Waals surface area contributed by atoms with E-state index >= 15 is 0 Å². The first-order valence-electron chi connectivity index (χ1n) is 10.6. The lowest BCUT2D eigenvalue weighted by Gasteiger charge is -2.29. The van der Waals surface area contributed by atoms with Gasteiger partial charge in [-0.05, 0) is 12.8 Å². The fourth-order valence-electron chi connectivity index (χ4n) is 4.01. The lowest BCUT2D eigenvalue weighted by molar-refractivity contribution is -0.897. The molecule has 1 rings (SSSR count). The molecule has 0 unspecified atom stereocenters. The van der Waals surface area contributed by atoms with E-state index in [9.17, 15) is 0 Å². The Balaban J connectivity index is 0.00000484. The van der Waals surface area contributed by atoms with Gasteiger partial charge < -0.3 is 16.9 Å². The van der Waals surface area contributed by atoms with E-state index in [1.54, 1.807) is 0 Å². The Hall–Kier alpha value is 0.250. The molecule has 1 aliphatic heterocycles. The summed E-state index contributed by atoms with van der Waals surface area (Å²) < 4.78 is 1.37. The summed E-state index contributed by atoms with van der Waals surface area (Å²) >= 11 is 0. The van der Waals surface area contributed by atoms with Crippen LogP contribution >= 0.6 is 0 Å². The minimum atomic E-state index is 0. The molecule has 1 aliphatic rings. The van der Waals surface area contributed by atoms with Gasteiger partial charge in [0.15, 0.2) is 0 Å². The lowest BCUT2D eigenvalue weighted by Crippen LogP contribution is -3.00. The molecule has 1 saturated heterocycles. The van der Waals surface area contributed by atoms with Gasteiger partial charge in [-0.2, -0.15) is 0 Å². The largest absolute Gasteiger partial charge is 1.00 e. The van der Waals surface area contributed by atoms with E-state index in [0.29, 0.717) is 0 Å². The molecule has 0 bridgehead atoms. The van der Waals surface area contributed by atoms with Gasteiger partial charge in [-0.1, -0.05) is 84.0 Å². The van der Waals surface area contributed by atoms with E-state index in [0.717, 1.165) is 0 Å². The summed E-state index contributed by atoms with van der Waals surface area (Å²) in [6.07, 6.45) is 23.5. The molecule has 0 spiro atoms. The van der Waals surface area contributed by atoms with Crippen LogP contribution in [0.15, 0.2) is 0 Å². The second-order valence-electron chi connectivity index (χ2n) is 8.09. The van der Waals surface area contributed by atoms with Gasteiger partial charge in [0.2, 0.25) is 0 Å². The van der Waals surface area contributed by atoms with Gasteiger partial charge in [0.1, 0.15) is 0 Å². The molecule has 1 fully saturated rings. The topological polar surface area (TPSA) is 0 Å². The molecule has 0 aliphatic carbocycles. The predicted octanol–water partition coefficient (Wildman–Crippen LogP) is 3.71. The lowest BCUT2D eigenvalue weighted by atomic mass is 10.0. The van der Waals surface area contributed by atoms with Crippen LogP contribution < -0.4 is 12.4 Å². The first-order chi connectivity index (χ1) is 10.8. The highest BCUT2D eigenvalue weighted by Crippen LogP contribution is 2.18. The Morgan fingerprint density at radius 2 is 0.913 bits per heavy atom. The van der Waals surface area contributed by atoms with Gasteiger partial charge in [-0.15, -0.1) is 0 Å². The standard InChI is InChI=1S/C21H44N.ClH/c1-3-4-5-6-7-8-9-10-11-12-13-14-15-16-19-22(2)20-17-18-21-22;/h3-21H2,1-2H3;1H/q+1;/p-1. The molecule has 0 aromatic carbocycles. The summed E-state index contributed by atoms with van der Waals surface area (Å²) in [5, 5.41) is 0. The quantitative estimate of drug-likeness (QED) is 0.313. The van der Waals surface area contributed by atoms with Crippen LogP contribution in [0, 0.1) is 0 Å². The first kappa shape index (κ1) is 23.2. The second-order valence-corrected chi connectivity index (χ2v) is 8.09. The maximum absolute atomic E-state index is 2.47. The number of quaternary nitrogens is 1. The zero-order valence-corrected chi connectivity index (χ0v) is 17.0. The Morgan fingerprint density at radius 1 is 0.565 bits per heavy atom. The molecule has 23 heavy (non-hydrogen) atoms. The Labute approximate surface area is 153 Å². The zero-order chi connectivity index (χ0) is 15.9. The number of unbranched alkanes of at least 4 members (excludes halogenated alkanes) is 13. The normalized spacial score (nSPS) is 16.4. The van der Waals surface area contributed by atoms with Gasteiger partial charge in [0.25, 0.3) is 0 Å². The van der Waals surface area contributed by atoms with Crippen molar-refractivity contribution in [3.05, 3.63) is 0 Å². The molecule has 0 aromatic heterocycles. The van der Waals surface area contributed by atoms with Crippen LogP contribution in [-0.4, -0.2) is 31.2 Å². The third kappa shape index (κ3) is 13.2. The number of halogens is 1. The summed E-state index contributed by atoms with van der Waals surface area (Å²) in [5.74, 6) is 0. The van der Waals surface area contributed by atoms with Crippen molar-refractivity contribution in [3.63, 3.8) is 0 Å². The highest BCUT2D eigenvalue weighted by molar-refractivity contribution is 4.53. The monoisotopic (exact) mass is 345 g/mol. The molecule has 0 aromatic rings. The van der Waals surface area contributed by atoms with Gasteiger partial charge in [-0.25, -0.2) is 0 Å². The van der Waals surface area contributed by atoms with E-state index in [4.69, 9.17) is 0 Å². The zero-order valence-electron chi connectivity index (χ0n) is 16.3.